The molecule has 1 amide bonds. The fourth-order valence-electron chi connectivity index (χ4n) is 1.90. The number of hydrogen-bond acceptors (Lipinski definition) is 5. The normalized spacial score (nSPS) is 12.7. The number of anilines is 1. The molecule has 3 N–H and O–H groups in total. The zero-order valence-corrected chi connectivity index (χ0v) is 12.1. The Balaban J connectivity index is 2.66. The van der Waals surface area contributed by atoms with Crippen LogP contribution in [0.25, 0.3) is 0 Å². The van der Waals surface area contributed by atoms with Gasteiger partial charge < -0.3 is 16.0 Å². The summed E-state index contributed by atoms with van der Waals surface area (Å²) in [6.45, 7) is 5.07. The number of hydrogen-bond donors (Lipinski definition) is 2. The van der Waals surface area contributed by atoms with Crippen molar-refractivity contribution in [2.75, 3.05) is 26.4 Å². The maximum Gasteiger partial charge on any atom is 0.271 e. The summed E-state index contributed by atoms with van der Waals surface area (Å²) in [5.41, 5.74) is 5.74. The first-order valence-electron chi connectivity index (χ1n) is 6.41. The maximum atomic E-state index is 12.1. The van der Waals surface area contributed by atoms with E-state index in [0.717, 1.165) is 13.0 Å². The van der Waals surface area contributed by atoms with E-state index < -0.39 is 0 Å². The first-order chi connectivity index (χ1) is 8.88. The second kappa shape index (κ2) is 7.04. The monoisotopic (exact) mass is 265 g/mol. The van der Waals surface area contributed by atoms with Crippen LogP contribution in [0.4, 0.5) is 5.82 Å². The Hall–Kier alpha value is -1.69. The van der Waals surface area contributed by atoms with Crippen LogP contribution in [-0.2, 0) is 0 Å². The Bertz CT molecular complexity index is 392. The van der Waals surface area contributed by atoms with Gasteiger partial charge in [0.1, 0.15) is 11.5 Å². The average molecular weight is 265 g/mol. The van der Waals surface area contributed by atoms with E-state index in [9.17, 15) is 4.79 Å². The van der Waals surface area contributed by atoms with Crippen LogP contribution >= 0.6 is 0 Å². The van der Waals surface area contributed by atoms with Crippen molar-refractivity contribution >= 4 is 11.7 Å². The highest BCUT2D eigenvalue weighted by molar-refractivity contribution is 5.92. The Morgan fingerprint density at radius 2 is 2.05 bits per heavy atom. The van der Waals surface area contributed by atoms with Crippen LogP contribution in [0.3, 0.4) is 0 Å². The van der Waals surface area contributed by atoms with Crippen LogP contribution in [0.5, 0.6) is 0 Å². The SMILES string of the molecule is CC(C)CC(CN(C)C)NC(=O)c1cnc(N)cn1. The minimum absolute atomic E-state index is 0.0989. The van der Waals surface area contributed by atoms with Crippen LogP contribution in [-0.4, -0.2) is 47.5 Å². The molecule has 0 bridgehead atoms. The van der Waals surface area contributed by atoms with Gasteiger partial charge in [-0.05, 0) is 26.4 Å². The van der Waals surface area contributed by atoms with E-state index in [1.54, 1.807) is 0 Å². The summed E-state index contributed by atoms with van der Waals surface area (Å²) in [6.07, 6.45) is 3.71. The first-order valence-corrected chi connectivity index (χ1v) is 6.41. The molecule has 6 nitrogen and oxygen atoms in total. The highest BCUT2D eigenvalue weighted by Gasteiger charge is 2.17. The van der Waals surface area contributed by atoms with Crippen molar-refractivity contribution in [2.45, 2.75) is 26.3 Å². The Kier molecular flexibility index (Phi) is 5.69. The van der Waals surface area contributed by atoms with Crippen LogP contribution < -0.4 is 11.1 Å². The zero-order chi connectivity index (χ0) is 14.4. The molecule has 6 heteroatoms. The summed E-state index contributed by atoms with van der Waals surface area (Å²) in [5, 5.41) is 2.99. The molecule has 1 heterocycles. The number of carbonyl (C=O) groups is 1. The molecule has 0 aliphatic carbocycles. The molecule has 1 unspecified atom stereocenters. The van der Waals surface area contributed by atoms with Crippen molar-refractivity contribution in [1.82, 2.24) is 20.2 Å². The summed E-state index contributed by atoms with van der Waals surface area (Å²) in [5.74, 6) is 0.617. The number of carbonyl (C=O) groups excluding carboxylic acids is 1. The van der Waals surface area contributed by atoms with E-state index in [1.165, 1.54) is 12.4 Å². The number of nitrogens with zero attached hydrogens (tertiary/aromatic N) is 3. The number of nitrogen functional groups attached to an aromatic ring is 1. The number of aromatic nitrogens is 2. The molecule has 0 aliphatic heterocycles. The smallest absolute Gasteiger partial charge is 0.271 e. The zero-order valence-electron chi connectivity index (χ0n) is 12.1. The largest absolute Gasteiger partial charge is 0.382 e. The third-order valence-corrected chi connectivity index (χ3v) is 2.58. The fraction of sp³-hybridized carbons (Fsp3) is 0.615. The molecule has 0 saturated heterocycles. The summed E-state index contributed by atoms with van der Waals surface area (Å²) in [4.78, 5) is 22.0. The van der Waals surface area contributed by atoms with Gasteiger partial charge in [0.15, 0.2) is 0 Å². The minimum atomic E-state index is -0.208. The summed E-state index contributed by atoms with van der Waals surface area (Å²) < 4.78 is 0. The fourth-order valence-corrected chi connectivity index (χ4v) is 1.90. The van der Waals surface area contributed by atoms with Crippen LogP contribution in [0.1, 0.15) is 30.8 Å². The molecule has 0 spiro atoms. The lowest BCUT2D eigenvalue weighted by atomic mass is 10.0. The van der Waals surface area contributed by atoms with E-state index in [0.29, 0.717) is 17.4 Å². The van der Waals surface area contributed by atoms with E-state index in [2.05, 4.69) is 34.0 Å². The summed E-state index contributed by atoms with van der Waals surface area (Å²) >= 11 is 0. The van der Waals surface area contributed by atoms with E-state index in [4.69, 9.17) is 5.73 Å². The van der Waals surface area contributed by atoms with Crippen LogP contribution in [0.2, 0.25) is 0 Å². The molecule has 0 radical (unpaired) electrons. The van der Waals surface area contributed by atoms with Crippen molar-refractivity contribution in [1.29, 1.82) is 0 Å². The van der Waals surface area contributed by atoms with Gasteiger partial charge in [0.2, 0.25) is 0 Å². The van der Waals surface area contributed by atoms with Gasteiger partial charge in [0, 0.05) is 12.6 Å². The van der Waals surface area contributed by atoms with Crippen molar-refractivity contribution < 1.29 is 4.79 Å². The standard InChI is InChI=1S/C13H23N5O/c1-9(2)5-10(8-18(3)4)17-13(19)11-6-16-12(14)7-15-11/h6-7,9-10H,5,8H2,1-4H3,(H2,14,16)(H,17,19). The molecule has 1 rings (SSSR count). The van der Waals surface area contributed by atoms with Gasteiger partial charge in [-0.3, -0.25) is 4.79 Å². The maximum absolute atomic E-state index is 12.1. The summed E-state index contributed by atoms with van der Waals surface area (Å²) in [6, 6.07) is 0.0989. The van der Waals surface area contributed by atoms with Gasteiger partial charge in [-0.15, -0.1) is 0 Å². The van der Waals surface area contributed by atoms with E-state index in [-0.39, 0.29) is 11.9 Å². The highest BCUT2D eigenvalue weighted by Crippen LogP contribution is 2.06. The predicted molar refractivity (Wildman–Crippen MR) is 75.7 cm³/mol. The minimum Gasteiger partial charge on any atom is -0.382 e. The van der Waals surface area contributed by atoms with Crippen molar-refractivity contribution in [3.05, 3.63) is 18.1 Å². The third kappa shape index (κ3) is 5.65. The molecule has 19 heavy (non-hydrogen) atoms. The molecule has 0 saturated carbocycles. The Morgan fingerprint density at radius 1 is 1.37 bits per heavy atom. The van der Waals surface area contributed by atoms with Crippen LogP contribution in [0.15, 0.2) is 12.4 Å². The number of likely N-dealkylation sites (N-methyl/N-ethyl adjacent to an activating group) is 1. The molecule has 1 atom stereocenters. The molecular weight excluding hydrogens is 242 g/mol. The van der Waals surface area contributed by atoms with Gasteiger partial charge in [0.05, 0.1) is 12.4 Å². The quantitative estimate of drug-likeness (QED) is 0.793. The van der Waals surface area contributed by atoms with Crippen molar-refractivity contribution in [3.8, 4) is 0 Å². The molecule has 1 aromatic heterocycles. The lowest BCUT2D eigenvalue weighted by molar-refractivity contribution is 0.0919. The first kappa shape index (κ1) is 15.4. The Morgan fingerprint density at radius 3 is 2.53 bits per heavy atom. The second-order valence-corrected chi connectivity index (χ2v) is 5.39. The van der Waals surface area contributed by atoms with Gasteiger partial charge in [0.25, 0.3) is 5.91 Å². The topological polar surface area (TPSA) is 84.1 Å². The molecular formula is C13H23N5O. The van der Waals surface area contributed by atoms with Crippen LogP contribution in [0, 0.1) is 5.92 Å². The van der Waals surface area contributed by atoms with Gasteiger partial charge >= 0.3 is 0 Å². The van der Waals surface area contributed by atoms with E-state index >= 15 is 0 Å². The van der Waals surface area contributed by atoms with Gasteiger partial charge in [-0.1, -0.05) is 13.8 Å². The lowest BCUT2D eigenvalue weighted by Crippen LogP contribution is -2.42. The number of nitrogens with two attached hydrogens (primary N) is 1. The van der Waals surface area contributed by atoms with Gasteiger partial charge in [-0.2, -0.15) is 0 Å². The number of nitrogens with one attached hydrogen (secondary N) is 1. The molecule has 1 aromatic rings. The number of rotatable bonds is 6. The third-order valence-electron chi connectivity index (χ3n) is 2.58. The predicted octanol–water partition coefficient (Wildman–Crippen LogP) is 0.765. The lowest BCUT2D eigenvalue weighted by Gasteiger charge is -2.23. The molecule has 0 fully saturated rings. The second-order valence-electron chi connectivity index (χ2n) is 5.39. The van der Waals surface area contributed by atoms with Crippen molar-refractivity contribution in [3.63, 3.8) is 0 Å². The van der Waals surface area contributed by atoms with E-state index in [1.807, 2.05) is 14.1 Å². The van der Waals surface area contributed by atoms with Crippen molar-refractivity contribution in [2.24, 2.45) is 5.92 Å². The number of amides is 1. The molecule has 0 aromatic carbocycles. The Labute approximate surface area is 114 Å². The van der Waals surface area contributed by atoms with Gasteiger partial charge in [-0.25, -0.2) is 9.97 Å². The summed E-state index contributed by atoms with van der Waals surface area (Å²) in [7, 11) is 3.98. The molecule has 106 valence electrons. The molecule has 0 aliphatic rings. The average Bonchev–Trinajstić information content (AvgIpc) is 2.27. The highest BCUT2D eigenvalue weighted by atomic mass is 16.1.